The van der Waals surface area contributed by atoms with Crippen LogP contribution in [0.25, 0.3) is 11.1 Å². The number of nitrogens with two attached hydrogens (primary N) is 1. The molecular weight excluding hydrogens is 526 g/mol. The Hall–Kier alpha value is -2.73. The van der Waals surface area contributed by atoms with Crippen molar-refractivity contribution in [2.75, 3.05) is 19.0 Å². The first-order valence-corrected chi connectivity index (χ1v) is 12.0. The van der Waals surface area contributed by atoms with Gasteiger partial charge in [0.05, 0.1) is 0 Å². The van der Waals surface area contributed by atoms with Crippen molar-refractivity contribution in [1.29, 1.82) is 0 Å². The fourth-order valence-corrected chi connectivity index (χ4v) is 4.59. The van der Waals surface area contributed by atoms with E-state index in [0.717, 1.165) is 12.3 Å². The van der Waals surface area contributed by atoms with Gasteiger partial charge in [-0.25, -0.2) is 0 Å². The van der Waals surface area contributed by atoms with E-state index < -0.39 is 28.3 Å². The van der Waals surface area contributed by atoms with Crippen molar-refractivity contribution in [2.45, 2.75) is 32.5 Å². The molecule has 35 heavy (non-hydrogen) atoms. The van der Waals surface area contributed by atoms with E-state index in [4.69, 9.17) is 15.2 Å². The number of ether oxygens (including phenoxy) is 2. The van der Waals surface area contributed by atoms with Crippen LogP contribution in [0.4, 0.5) is 18.9 Å². The van der Waals surface area contributed by atoms with Gasteiger partial charge in [0, 0.05) is 0 Å². The number of hydrogen-bond acceptors (Lipinski definition) is 6. The Labute approximate surface area is 211 Å². The van der Waals surface area contributed by atoms with Gasteiger partial charge >= 0.3 is 211 Å². The molecule has 1 aliphatic heterocycles. The SMILES string of the molecule is COc1cc(-c2ccc(C(F)(F)F)c(C)c2N[C](=[Mn])NS(=O)C(=CN)C2=[NH+]CC(C)(C)O2)ccn1. The van der Waals surface area contributed by atoms with E-state index in [9.17, 15) is 17.4 Å². The zero-order valence-electron chi connectivity index (χ0n) is 19.3. The number of nitrogens with one attached hydrogen (secondary N) is 3. The van der Waals surface area contributed by atoms with Gasteiger partial charge in [0.25, 0.3) is 0 Å². The van der Waals surface area contributed by atoms with Crippen molar-refractivity contribution in [3.05, 3.63) is 52.7 Å². The van der Waals surface area contributed by atoms with E-state index in [1.807, 2.05) is 13.8 Å². The van der Waals surface area contributed by atoms with Gasteiger partial charge < -0.3 is 0 Å². The molecule has 189 valence electrons. The molecular formula is C22H25F3MnN5O3S+. The van der Waals surface area contributed by atoms with Gasteiger partial charge in [-0.05, 0) is 0 Å². The molecule has 1 atom stereocenters. The van der Waals surface area contributed by atoms with Crippen molar-refractivity contribution < 1.29 is 47.4 Å². The maximum atomic E-state index is 13.6. The van der Waals surface area contributed by atoms with Gasteiger partial charge in [0.15, 0.2) is 0 Å². The van der Waals surface area contributed by atoms with Crippen LogP contribution in [0.2, 0.25) is 0 Å². The maximum absolute atomic E-state index is 13.6. The minimum atomic E-state index is -4.57. The molecule has 5 N–H and O–H groups in total. The monoisotopic (exact) mass is 551 g/mol. The first-order valence-electron chi connectivity index (χ1n) is 10.3. The van der Waals surface area contributed by atoms with Crippen LogP contribution in [0, 0.1) is 6.92 Å². The number of benzene rings is 1. The van der Waals surface area contributed by atoms with Crippen LogP contribution in [0.3, 0.4) is 0 Å². The summed E-state index contributed by atoms with van der Waals surface area (Å²) in [6, 6.07) is 5.61. The summed E-state index contributed by atoms with van der Waals surface area (Å²) in [7, 11) is -0.465. The zero-order chi connectivity index (χ0) is 26.0. The van der Waals surface area contributed by atoms with Crippen LogP contribution >= 0.6 is 0 Å². The van der Waals surface area contributed by atoms with Crippen molar-refractivity contribution >= 4 is 27.2 Å². The van der Waals surface area contributed by atoms with Crippen LogP contribution in [0.1, 0.15) is 25.0 Å². The summed E-state index contributed by atoms with van der Waals surface area (Å²) in [5.41, 5.74) is 5.46. The molecule has 1 aromatic carbocycles. The molecule has 0 bridgehead atoms. The fraction of sp³-hybridized carbons (Fsp3) is 0.318. The van der Waals surface area contributed by atoms with Gasteiger partial charge in [-0.3, -0.25) is 0 Å². The summed E-state index contributed by atoms with van der Waals surface area (Å²) in [6.45, 7) is 5.55. The van der Waals surface area contributed by atoms with Gasteiger partial charge in [0.1, 0.15) is 0 Å². The van der Waals surface area contributed by atoms with Crippen LogP contribution < -0.4 is 25.5 Å². The molecule has 0 aliphatic carbocycles. The first-order chi connectivity index (χ1) is 16.4. The Morgan fingerprint density at radius 1 is 1.37 bits per heavy atom. The molecule has 1 aromatic heterocycles. The van der Waals surface area contributed by atoms with Gasteiger partial charge in [-0.1, -0.05) is 0 Å². The number of halogens is 3. The Morgan fingerprint density at radius 2 is 2.09 bits per heavy atom. The number of pyridine rings is 1. The van der Waals surface area contributed by atoms with E-state index in [1.54, 1.807) is 12.1 Å². The molecule has 13 heteroatoms. The third kappa shape index (κ3) is 6.29. The number of hydrogen-bond donors (Lipinski definition) is 4. The number of alkyl halides is 3. The van der Waals surface area contributed by atoms with Crippen LogP contribution in [-0.2, 0) is 37.5 Å². The molecule has 0 saturated carbocycles. The minimum absolute atomic E-state index is 0.0535. The molecule has 2 heterocycles. The normalized spacial score (nSPS) is 16.3. The third-order valence-corrected chi connectivity index (χ3v) is 6.66. The second-order valence-corrected chi connectivity index (χ2v) is 9.90. The predicted octanol–water partition coefficient (Wildman–Crippen LogP) is 1.47. The molecule has 1 unspecified atom stereocenters. The van der Waals surface area contributed by atoms with Gasteiger partial charge in [-0.2, -0.15) is 0 Å². The van der Waals surface area contributed by atoms with E-state index in [-0.39, 0.29) is 26.7 Å². The molecule has 0 fully saturated rings. The summed E-state index contributed by atoms with van der Waals surface area (Å²) in [5, 5.41) is 2.87. The Kier molecular flexibility index (Phi) is 8.05. The number of methoxy groups -OCH3 is 1. The summed E-state index contributed by atoms with van der Waals surface area (Å²) in [6.07, 6.45) is -1.94. The Balaban J connectivity index is 1.92. The Morgan fingerprint density at radius 3 is 2.66 bits per heavy atom. The Bertz CT molecular complexity index is 1230. The predicted molar refractivity (Wildman–Crippen MR) is 124 cm³/mol. The second-order valence-electron chi connectivity index (χ2n) is 8.13. The average Bonchev–Trinajstić information content (AvgIpc) is 3.13. The van der Waals surface area contributed by atoms with Gasteiger partial charge in [-0.15, -0.1) is 0 Å². The molecule has 3 rings (SSSR count). The molecule has 2 aromatic rings. The molecule has 1 aliphatic rings. The number of anilines is 1. The van der Waals surface area contributed by atoms with Crippen molar-refractivity contribution in [1.82, 2.24) is 9.71 Å². The van der Waals surface area contributed by atoms with Crippen LogP contribution in [0.5, 0.6) is 5.88 Å². The number of nitrogens with zero attached hydrogens (tertiary/aromatic N) is 1. The zero-order valence-corrected chi connectivity index (χ0v) is 21.3. The summed E-state index contributed by atoms with van der Waals surface area (Å²) in [4.78, 5) is 7.19. The third-order valence-electron chi connectivity index (χ3n) is 5.07. The summed E-state index contributed by atoms with van der Waals surface area (Å²) < 4.78 is 67.4. The fourth-order valence-electron chi connectivity index (χ4n) is 3.38. The topological polar surface area (TPSA) is 112 Å². The van der Waals surface area contributed by atoms with Crippen molar-refractivity contribution in [3.8, 4) is 17.0 Å². The van der Waals surface area contributed by atoms with Crippen molar-refractivity contribution in [2.24, 2.45) is 5.73 Å². The van der Waals surface area contributed by atoms with E-state index in [2.05, 4.69) is 35.6 Å². The van der Waals surface area contributed by atoms with E-state index >= 15 is 0 Å². The molecule has 0 amide bonds. The van der Waals surface area contributed by atoms with E-state index in [0.29, 0.717) is 23.6 Å². The number of aromatic nitrogens is 1. The van der Waals surface area contributed by atoms with Crippen molar-refractivity contribution in [3.63, 3.8) is 0 Å². The van der Waals surface area contributed by atoms with Crippen LogP contribution in [0.15, 0.2) is 41.6 Å². The molecule has 8 nitrogen and oxygen atoms in total. The second kappa shape index (κ2) is 10.5. The average molecular weight is 551 g/mol. The summed E-state index contributed by atoms with van der Waals surface area (Å²) >= 11 is 3.23. The van der Waals surface area contributed by atoms with Crippen LogP contribution in [-0.4, -0.2) is 39.0 Å². The molecule has 0 saturated heterocycles. The summed E-state index contributed by atoms with van der Waals surface area (Å²) in [5.74, 6) is 0.554. The molecule has 0 radical (unpaired) electrons. The number of rotatable bonds is 8. The van der Waals surface area contributed by atoms with Gasteiger partial charge in [0.2, 0.25) is 0 Å². The van der Waals surface area contributed by atoms with E-state index in [1.165, 1.54) is 26.3 Å². The first kappa shape index (κ1) is 26.9. The standard InChI is InChI=1S/C22H24F3N5O3S.Mn/c1-13-16(22(23,24)25)6-5-15(14-7-8-27-18(9-14)32-4)19(13)29-12-30-34(31)17(10-26)20-28-11-21(2,3)33-20;/h5-10,29-30H,11,26H2,1-4H3;/p+1. The quantitative estimate of drug-likeness (QED) is 0.370. The molecule has 0 spiro atoms.